The summed E-state index contributed by atoms with van der Waals surface area (Å²) in [5, 5.41) is 31.0. The maximum atomic E-state index is 12.9. The Morgan fingerprint density at radius 2 is 0.773 bits per heavy atom. The topological polar surface area (TPSA) is 186 Å². The van der Waals surface area contributed by atoms with Gasteiger partial charge in [-0.25, -0.2) is 0 Å². The maximum absolute atomic E-state index is 12.9. The van der Waals surface area contributed by atoms with Crippen LogP contribution in [-0.4, -0.2) is 96.0 Å². The van der Waals surface area contributed by atoms with Crippen LogP contribution in [0.25, 0.3) is 0 Å². The molecule has 392 valence electrons. The van der Waals surface area contributed by atoms with E-state index in [1.54, 1.807) is 0 Å². The lowest BCUT2D eigenvalue weighted by Gasteiger charge is -2.40. The second-order valence-electron chi connectivity index (χ2n) is 19.6. The molecule has 13 heteroatoms. The lowest BCUT2D eigenvalue weighted by Crippen LogP contribution is -2.60. The van der Waals surface area contributed by atoms with Crippen molar-refractivity contribution in [3.63, 3.8) is 0 Å². The zero-order valence-corrected chi connectivity index (χ0v) is 43.1. The molecule has 0 bridgehead atoms. The van der Waals surface area contributed by atoms with Crippen LogP contribution in [0.5, 0.6) is 0 Å². The minimum atomic E-state index is -4.60. The number of hydrogen-bond donors (Lipinski definition) is 4. The van der Waals surface area contributed by atoms with E-state index < -0.39 is 71.2 Å². The van der Waals surface area contributed by atoms with Crippen molar-refractivity contribution in [1.29, 1.82) is 0 Å². The number of hydrogen-bond acceptors (Lipinski definition) is 11. The van der Waals surface area contributed by atoms with Crippen LogP contribution in [-0.2, 0) is 38.7 Å². The average Bonchev–Trinajstić information content (AvgIpc) is 3.28. The van der Waals surface area contributed by atoms with Crippen LogP contribution in [0.15, 0.2) is 0 Å². The van der Waals surface area contributed by atoms with E-state index >= 15 is 0 Å². The standard InChI is InChI=1S/C53H102O12S/c1-3-5-7-9-11-13-15-17-19-21-22-23-24-26-27-29-31-33-35-37-39-41-48(54)62-43-46(44-63-53-52(58)51(57)50(56)47(65-53)45-66(59,60)61)64-49(55)42-40-38-36-34-32-30-28-25-20-18-16-14-12-10-8-6-4-2/h46-47,50-53,56-58H,3-45H2,1-2H3,(H,59,60,61)/t46-,47-,50-,51?,52?,53+/m1/s1. The Kier molecular flexibility index (Phi) is 41.4. The monoisotopic (exact) mass is 963 g/mol. The van der Waals surface area contributed by atoms with Gasteiger partial charge in [0.15, 0.2) is 12.4 Å². The molecule has 0 amide bonds. The third kappa shape index (κ3) is 37.5. The molecule has 1 aliphatic rings. The molecular formula is C53H102O12S. The van der Waals surface area contributed by atoms with Gasteiger partial charge in [-0.05, 0) is 12.8 Å². The predicted molar refractivity (Wildman–Crippen MR) is 266 cm³/mol. The molecule has 1 heterocycles. The number of unbranched alkanes of at least 4 members (excludes halogenated alkanes) is 36. The van der Waals surface area contributed by atoms with Crippen LogP contribution >= 0.6 is 0 Å². The van der Waals surface area contributed by atoms with Crippen molar-refractivity contribution in [3.05, 3.63) is 0 Å². The average molecular weight is 963 g/mol. The summed E-state index contributed by atoms with van der Waals surface area (Å²) in [7, 11) is -4.60. The normalized spacial score (nSPS) is 19.3. The highest BCUT2D eigenvalue weighted by Gasteiger charge is 2.46. The molecule has 0 aromatic carbocycles. The highest BCUT2D eigenvalue weighted by Crippen LogP contribution is 2.24. The fourth-order valence-electron chi connectivity index (χ4n) is 8.92. The second-order valence-corrected chi connectivity index (χ2v) is 21.1. The molecule has 1 rings (SSSR count). The zero-order chi connectivity index (χ0) is 48.4. The lowest BCUT2D eigenvalue weighted by atomic mass is 10.00. The maximum Gasteiger partial charge on any atom is 0.306 e. The van der Waals surface area contributed by atoms with Crippen molar-refractivity contribution in [1.82, 2.24) is 0 Å². The Bertz CT molecular complexity index is 1220. The fourth-order valence-corrected chi connectivity index (χ4v) is 9.61. The first-order valence-electron chi connectivity index (χ1n) is 27.6. The molecule has 1 aliphatic heterocycles. The summed E-state index contributed by atoms with van der Waals surface area (Å²) in [5.74, 6) is -1.95. The van der Waals surface area contributed by atoms with Crippen molar-refractivity contribution in [2.24, 2.45) is 0 Å². The van der Waals surface area contributed by atoms with E-state index in [-0.39, 0.29) is 19.4 Å². The molecule has 4 N–H and O–H groups in total. The van der Waals surface area contributed by atoms with Gasteiger partial charge >= 0.3 is 11.9 Å². The molecule has 6 atom stereocenters. The smallest absolute Gasteiger partial charge is 0.306 e. The Labute approximate surface area is 403 Å². The first-order valence-corrected chi connectivity index (χ1v) is 29.2. The van der Waals surface area contributed by atoms with E-state index in [1.807, 2.05) is 0 Å². The Balaban J connectivity index is 2.31. The molecule has 1 fully saturated rings. The van der Waals surface area contributed by atoms with Gasteiger partial charge < -0.3 is 34.3 Å². The van der Waals surface area contributed by atoms with E-state index in [2.05, 4.69) is 13.8 Å². The lowest BCUT2D eigenvalue weighted by molar-refractivity contribution is -0.297. The van der Waals surface area contributed by atoms with Crippen LogP contribution in [0.2, 0.25) is 0 Å². The van der Waals surface area contributed by atoms with Crippen LogP contribution in [0.3, 0.4) is 0 Å². The predicted octanol–water partition coefficient (Wildman–Crippen LogP) is 12.8. The van der Waals surface area contributed by atoms with E-state index in [1.165, 1.54) is 193 Å². The third-order valence-electron chi connectivity index (χ3n) is 13.2. The summed E-state index contributed by atoms with van der Waals surface area (Å²) in [4.78, 5) is 25.6. The van der Waals surface area contributed by atoms with Gasteiger partial charge in [-0.2, -0.15) is 8.42 Å². The van der Waals surface area contributed by atoms with Gasteiger partial charge in [0.1, 0.15) is 36.8 Å². The van der Waals surface area contributed by atoms with Crippen LogP contribution in [0, 0.1) is 0 Å². The zero-order valence-electron chi connectivity index (χ0n) is 42.3. The second kappa shape index (κ2) is 43.7. The number of esters is 2. The molecule has 0 spiro atoms. The molecule has 0 radical (unpaired) electrons. The van der Waals surface area contributed by atoms with Crippen molar-refractivity contribution in [2.45, 2.75) is 307 Å². The number of carbonyl (C=O) groups is 2. The minimum absolute atomic E-state index is 0.173. The summed E-state index contributed by atoms with van der Waals surface area (Å²) in [6.45, 7) is 3.83. The molecule has 0 aromatic rings. The Morgan fingerprint density at radius 1 is 0.455 bits per heavy atom. The van der Waals surface area contributed by atoms with Crippen molar-refractivity contribution < 1.29 is 56.8 Å². The third-order valence-corrected chi connectivity index (χ3v) is 13.9. The highest BCUT2D eigenvalue weighted by atomic mass is 32.2. The van der Waals surface area contributed by atoms with Crippen molar-refractivity contribution in [3.8, 4) is 0 Å². The van der Waals surface area contributed by atoms with Gasteiger partial charge in [0.25, 0.3) is 10.1 Å². The van der Waals surface area contributed by atoms with Gasteiger partial charge in [0, 0.05) is 12.8 Å². The van der Waals surface area contributed by atoms with E-state index in [0.717, 1.165) is 38.5 Å². The van der Waals surface area contributed by atoms with Gasteiger partial charge in [-0.15, -0.1) is 0 Å². The Morgan fingerprint density at radius 3 is 1.11 bits per heavy atom. The van der Waals surface area contributed by atoms with Crippen LogP contribution in [0.4, 0.5) is 0 Å². The van der Waals surface area contributed by atoms with Gasteiger partial charge in [0.05, 0.1) is 6.61 Å². The minimum Gasteiger partial charge on any atom is -0.462 e. The summed E-state index contributed by atoms with van der Waals surface area (Å²) < 4.78 is 54.3. The molecule has 0 saturated carbocycles. The first kappa shape index (κ1) is 62.7. The van der Waals surface area contributed by atoms with E-state index in [4.69, 9.17) is 18.9 Å². The summed E-state index contributed by atoms with van der Waals surface area (Å²) in [6.07, 6.45) is 38.6. The summed E-state index contributed by atoms with van der Waals surface area (Å²) >= 11 is 0. The van der Waals surface area contributed by atoms with Crippen LogP contribution in [0.1, 0.15) is 271 Å². The SMILES string of the molecule is CCCCCCCCCCCCCCCCCCCCCCCC(=O)OC[C@H](CO[C@H]1O[C@H](CS(=O)(=O)O)[C@@H](O)C(O)C1O)OC(=O)CCCCCCCCCCCCCCCCCCC. The number of ether oxygens (including phenoxy) is 4. The summed E-state index contributed by atoms with van der Waals surface area (Å²) in [6, 6.07) is 0. The molecule has 2 unspecified atom stereocenters. The first-order chi connectivity index (χ1) is 32.0. The molecule has 66 heavy (non-hydrogen) atoms. The number of aliphatic hydroxyl groups is 3. The fraction of sp³-hybridized carbons (Fsp3) is 0.962. The van der Waals surface area contributed by atoms with Crippen molar-refractivity contribution in [2.75, 3.05) is 19.0 Å². The molecular weight excluding hydrogens is 861 g/mol. The molecule has 1 saturated heterocycles. The highest BCUT2D eigenvalue weighted by molar-refractivity contribution is 7.85. The quantitative estimate of drug-likeness (QED) is 0.0257. The van der Waals surface area contributed by atoms with Crippen molar-refractivity contribution >= 4 is 22.1 Å². The van der Waals surface area contributed by atoms with Gasteiger partial charge in [0.2, 0.25) is 0 Å². The molecule has 0 aliphatic carbocycles. The number of rotatable bonds is 48. The van der Waals surface area contributed by atoms with Gasteiger partial charge in [-0.1, -0.05) is 245 Å². The van der Waals surface area contributed by atoms with Gasteiger partial charge in [-0.3, -0.25) is 14.1 Å². The number of aliphatic hydroxyl groups excluding tert-OH is 3. The largest absolute Gasteiger partial charge is 0.462 e. The van der Waals surface area contributed by atoms with E-state index in [9.17, 15) is 37.9 Å². The summed E-state index contributed by atoms with van der Waals surface area (Å²) in [5.41, 5.74) is 0. The molecule has 12 nitrogen and oxygen atoms in total. The Hall–Kier alpha value is -1.35. The molecule has 0 aromatic heterocycles. The number of carbonyl (C=O) groups excluding carboxylic acids is 2. The van der Waals surface area contributed by atoms with E-state index in [0.29, 0.717) is 12.8 Å². The van der Waals surface area contributed by atoms with Crippen LogP contribution < -0.4 is 0 Å².